The van der Waals surface area contributed by atoms with E-state index in [0.717, 1.165) is 33.3 Å². The summed E-state index contributed by atoms with van der Waals surface area (Å²) in [6, 6.07) is 17.6. The quantitative estimate of drug-likeness (QED) is 0.363. The number of rotatable bonds is 8. The van der Waals surface area contributed by atoms with Crippen LogP contribution >= 0.6 is 23.1 Å². The summed E-state index contributed by atoms with van der Waals surface area (Å²) in [6.07, 6.45) is 0. The molecule has 0 radical (unpaired) electrons. The van der Waals surface area contributed by atoms with Gasteiger partial charge in [-0.2, -0.15) is 0 Å². The van der Waals surface area contributed by atoms with E-state index >= 15 is 0 Å². The molecule has 164 valence electrons. The second-order valence-corrected chi connectivity index (χ2v) is 9.05. The van der Waals surface area contributed by atoms with Gasteiger partial charge in [-0.1, -0.05) is 42.1 Å². The van der Waals surface area contributed by atoms with Crippen molar-refractivity contribution in [3.8, 4) is 28.4 Å². The Morgan fingerprint density at radius 2 is 1.84 bits per heavy atom. The van der Waals surface area contributed by atoms with Gasteiger partial charge in [-0.25, -0.2) is 4.98 Å². The summed E-state index contributed by atoms with van der Waals surface area (Å²) in [6.45, 7) is 4.74. The van der Waals surface area contributed by atoms with Gasteiger partial charge in [-0.05, 0) is 38.1 Å². The lowest BCUT2D eigenvalue weighted by molar-refractivity contribution is -0.113. The molecule has 9 heteroatoms. The van der Waals surface area contributed by atoms with Crippen LogP contribution in [-0.2, 0) is 11.3 Å². The number of carbonyl (C=O) groups excluding carboxylic acids is 1. The molecule has 0 aliphatic carbocycles. The number of nitrogens with one attached hydrogen (secondary N) is 1. The summed E-state index contributed by atoms with van der Waals surface area (Å²) in [5, 5.41) is 12.8. The Labute approximate surface area is 194 Å². The maximum atomic E-state index is 12.6. The van der Waals surface area contributed by atoms with E-state index in [-0.39, 0.29) is 11.7 Å². The molecule has 0 saturated carbocycles. The van der Waals surface area contributed by atoms with E-state index in [9.17, 15) is 4.79 Å². The van der Waals surface area contributed by atoms with Crippen LogP contribution in [0.25, 0.3) is 22.6 Å². The predicted octanol–water partition coefficient (Wildman–Crippen LogP) is 5.14. The number of hydrogen-bond acceptors (Lipinski definition) is 7. The van der Waals surface area contributed by atoms with Crippen LogP contribution in [0, 0.1) is 6.92 Å². The van der Waals surface area contributed by atoms with Crippen molar-refractivity contribution in [2.45, 2.75) is 25.5 Å². The Balaban J connectivity index is 1.42. The Hall–Kier alpha value is -3.17. The topological polar surface area (TPSA) is 81.9 Å². The largest absolute Gasteiger partial charge is 0.497 e. The number of hydrogen-bond donors (Lipinski definition) is 1. The van der Waals surface area contributed by atoms with Crippen LogP contribution in [0.2, 0.25) is 0 Å². The number of aromatic nitrogens is 4. The third-order valence-corrected chi connectivity index (χ3v) is 6.66. The Bertz CT molecular complexity index is 1200. The molecular weight excluding hydrogens is 442 g/mol. The van der Waals surface area contributed by atoms with Gasteiger partial charge in [0.25, 0.3) is 0 Å². The number of carbonyl (C=O) groups is 1. The first-order valence-corrected chi connectivity index (χ1v) is 11.9. The molecule has 0 unspecified atom stereocenters. The first kappa shape index (κ1) is 22.0. The predicted molar refractivity (Wildman–Crippen MR) is 129 cm³/mol. The molecule has 0 aliphatic rings. The molecule has 2 aromatic heterocycles. The average Bonchev–Trinajstić information content (AvgIpc) is 3.41. The number of methoxy groups -OCH3 is 1. The highest BCUT2D eigenvalue weighted by molar-refractivity contribution is 7.99. The average molecular weight is 466 g/mol. The van der Waals surface area contributed by atoms with E-state index in [1.54, 1.807) is 7.11 Å². The van der Waals surface area contributed by atoms with Gasteiger partial charge in [0.15, 0.2) is 16.1 Å². The van der Waals surface area contributed by atoms with Crippen molar-refractivity contribution in [1.29, 1.82) is 0 Å². The minimum atomic E-state index is -0.125. The zero-order valence-electron chi connectivity index (χ0n) is 18.0. The zero-order chi connectivity index (χ0) is 22.5. The number of benzene rings is 2. The molecule has 0 fully saturated rings. The molecule has 4 aromatic rings. The van der Waals surface area contributed by atoms with Gasteiger partial charge in [0.05, 0.1) is 18.6 Å². The number of thiazole rings is 1. The fourth-order valence-corrected chi connectivity index (χ4v) is 4.89. The first-order valence-electron chi connectivity index (χ1n) is 10.1. The molecule has 0 spiro atoms. The van der Waals surface area contributed by atoms with Crippen LogP contribution in [-0.4, -0.2) is 38.5 Å². The molecule has 7 nitrogen and oxygen atoms in total. The van der Waals surface area contributed by atoms with Crippen molar-refractivity contribution in [2.75, 3.05) is 18.2 Å². The molecule has 1 N–H and O–H groups in total. The molecule has 1 amide bonds. The summed E-state index contributed by atoms with van der Waals surface area (Å²) in [7, 11) is 1.64. The highest BCUT2D eigenvalue weighted by Crippen LogP contribution is 2.30. The van der Waals surface area contributed by atoms with Crippen LogP contribution in [0.15, 0.2) is 59.8 Å². The number of amides is 1. The highest BCUT2D eigenvalue weighted by Gasteiger charge is 2.16. The van der Waals surface area contributed by atoms with Crippen molar-refractivity contribution in [3.63, 3.8) is 0 Å². The molecule has 0 atom stereocenters. The lowest BCUT2D eigenvalue weighted by Crippen LogP contribution is -2.14. The highest BCUT2D eigenvalue weighted by atomic mass is 32.2. The number of anilines is 1. The normalized spacial score (nSPS) is 10.8. The third-order valence-electron chi connectivity index (χ3n) is 4.80. The second-order valence-electron chi connectivity index (χ2n) is 6.91. The summed E-state index contributed by atoms with van der Waals surface area (Å²) in [5.41, 5.74) is 2.88. The van der Waals surface area contributed by atoms with E-state index < -0.39 is 0 Å². The molecule has 4 rings (SSSR count). The summed E-state index contributed by atoms with van der Waals surface area (Å²) in [4.78, 5) is 18.2. The number of aryl methyl sites for hydroxylation is 1. The molecule has 0 saturated heterocycles. The summed E-state index contributed by atoms with van der Waals surface area (Å²) in [5.74, 6) is 1.65. The van der Waals surface area contributed by atoms with Crippen LogP contribution in [0.4, 0.5) is 5.13 Å². The molecule has 0 bridgehead atoms. The minimum absolute atomic E-state index is 0.125. The van der Waals surface area contributed by atoms with Crippen molar-refractivity contribution < 1.29 is 9.53 Å². The van der Waals surface area contributed by atoms with E-state index in [4.69, 9.17) is 4.74 Å². The van der Waals surface area contributed by atoms with Crippen molar-refractivity contribution in [1.82, 2.24) is 19.7 Å². The number of nitrogens with zero attached hydrogens (tertiary/aromatic N) is 4. The summed E-state index contributed by atoms with van der Waals surface area (Å²) >= 11 is 2.83. The smallest absolute Gasteiger partial charge is 0.236 e. The van der Waals surface area contributed by atoms with Crippen molar-refractivity contribution in [3.05, 3.63) is 59.5 Å². The molecule has 32 heavy (non-hydrogen) atoms. The Morgan fingerprint density at radius 1 is 1.09 bits per heavy atom. The van der Waals surface area contributed by atoms with Gasteiger partial charge in [0.2, 0.25) is 5.91 Å². The van der Waals surface area contributed by atoms with E-state index in [1.807, 2.05) is 73.0 Å². The minimum Gasteiger partial charge on any atom is -0.497 e. The maximum absolute atomic E-state index is 12.6. The van der Waals surface area contributed by atoms with E-state index in [0.29, 0.717) is 16.8 Å². The SMILES string of the molecule is CCn1c(SCC(=O)Nc2nc(-c3ccccc3)c(C)s2)nnc1-c1ccc(OC)cc1. The molecule has 2 heterocycles. The molecule has 2 aromatic carbocycles. The Kier molecular flexibility index (Phi) is 6.87. The Morgan fingerprint density at radius 3 is 2.53 bits per heavy atom. The zero-order valence-corrected chi connectivity index (χ0v) is 19.7. The van der Waals surface area contributed by atoms with Gasteiger partial charge in [0, 0.05) is 22.5 Å². The van der Waals surface area contributed by atoms with Crippen LogP contribution in [0.1, 0.15) is 11.8 Å². The first-order chi connectivity index (χ1) is 15.6. The fourth-order valence-electron chi connectivity index (χ4n) is 3.23. The summed E-state index contributed by atoms with van der Waals surface area (Å²) < 4.78 is 7.22. The standard InChI is InChI=1S/C23H23N5O2S2/c1-4-28-21(17-10-12-18(30-3)13-11-17)26-27-23(28)31-14-19(29)24-22-25-20(15(2)32-22)16-8-6-5-7-9-16/h5-13H,4,14H2,1-3H3,(H,24,25,29). The van der Waals surface area contributed by atoms with Gasteiger partial charge >= 0.3 is 0 Å². The van der Waals surface area contributed by atoms with Gasteiger partial charge in [-0.3, -0.25) is 4.79 Å². The molecular formula is C23H23N5O2S2. The lowest BCUT2D eigenvalue weighted by Gasteiger charge is -2.08. The van der Waals surface area contributed by atoms with Crippen molar-refractivity contribution in [2.24, 2.45) is 0 Å². The fraction of sp³-hybridized carbons (Fsp3) is 0.217. The van der Waals surface area contributed by atoms with Crippen LogP contribution in [0.5, 0.6) is 5.75 Å². The second kappa shape index (κ2) is 9.97. The van der Waals surface area contributed by atoms with E-state index in [2.05, 4.69) is 20.5 Å². The number of thioether (sulfide) groups is 1. The van der Waals surface area contributed by atoms with Crippen molar-refractivity contribution >= 4 is 34.1 Å². The maximum Gasteiger partial charge on any atom is 0.236 e. The van der Waals surface area contributed by atoms with Crippen LogP contribution < -0.4 is 10.1 Å². The van der Waals surface area contributed by atoms with Gasteiger partial charge in [-0.15, -0.1) is 21.5 Å². The third kappa shape index (κ3) is 4.84. The van der Waals surface area contributed by atoms with Gasteiger partial charge in [0.1, 0.15) is 5.75 Å². The molecule has 0 aliphatic heterocycles. The lowest BCUT2D eigenvalue weighted by atomic mass is 10.1. The monoisotopic (exact) mass is 465 g/mol. The number of ether oxygens (including phenoxy) is 1. The van der Waals surface area contributed by atoms with E-state index in [1.165, 1.54) is 23.1 Å². The van der Waals surface area contributed by atoms with Gasteiger partial charge < -0.3 is 14.6 Å². The van der Waals surface area contributed by atoms with Crippen LogP contribution in [0.3, 0.4) is 0 Å².